The Balaban J connectivity index is 1.61. The van der Waals surface area contributed by atoms with Crippen LogP contribution in [0.15, 0.2) is 48.7 Å². The number of nitrogens with zero attached hydrogens (tertiary/aromatic N) is 4. The Bertz CT molecular complexity index is 1450. The lowest BCUT2D eigenvalue weighted by Gasteiger charge is -2.18. The van der Waals surface area contributed by atoms with E-state index in [0.717, 1.165) is 31.2 Å². The van der Waals surface area contributed by atoms with Gasteiger partial charge in [-0.25, -0.2) is 14.4 Å². The van der Waals surface area contributed by atoms with Gasteiger partial charge in [0.1, 0.15) is 23.5 Å². The molecular formula is C27H22ClFN4O2. The van der Waals surface area contributed by atoms with E-state index in [1.807, 2.05) is 30.4 Å². The maximum atomic E-state index is 14.2. The minimum Gasteiger partial charge on any atom is -0.493 e. The fraction of sp³-hybridized carbons (Fsp3) is 0.222. The van der Waals surface area contributed by atoms with E-state index >= 15 is 0 Å². The van der Waals surface area contributed by atoms with Crippen molar-refractivity contribution in [2.45, 2.75) is 31.8 Å². The van der Waals surface area contributed by atoms with Crippen LogP contribution in [0.3, 0.4) is 0 Å². The number of para-hydroxylation sites is 1. The second kappa shape index (κ2) is 9.77. The average molecular weight is 489 g/mol. The van der Waals surface area contributed by atoms with E-state index in [0.29, 0.717) is 39.7 Å². The van der Waals surface area contributed by atoms with E-state index in [4.69, 9.17) is 26.3 Å². The second-order valence-electron chi connectivity index (χ2n) is 8.31. The van der Waals surface area contributed by atoms with Crippen molar-refractivity contribution in [1.29, 1.82) is 5.26 Å². The summed E-state index contributed by atoms with van der Waals surface area (Å²) in [5.74, 6) is 1.85. The monoisotopic (exact) mass is 488 g/mol. The van der Waals surface area contributed by atoms with Crippen molar-refractivity contribution in [3.05, 3.63) is 76.5 Å². The van der Waals surface area contributed by atoms with Gasteiger partial charge in [-0.2, -0.15) is 5.26 Å². The molecule has 0 N–H and O–H groups in total. The van der Waals surface area contributed by atoms with E-state index in [1.54, 1.807) is 23.8 Å². The van der Waals surface area contributed by atoms with Gasteiger partial charge in [0.2, 0.25) is 0 Å². The number of benzene rings is 2. The molecule has 0 atom stereocenters. The highest BCUT2D eigenvalue weighted by molar-refractivity contribution is 6.31. The summed E-state index contributed by atoms with van der Waals surface area (Å²) >= 11 is 6.08. The van der Waals surface area contributed by atoms with Crippen LogP contribution in [0, 0.1) is 17.1 Å². The highest BCUT2D eigenvalue weighted by atomic mass is 35.5. The molecule has 6 nitrogen and oxygen atoms in total. The quantitative estimate of drug-likeness (QED) is 0.306. The van der Waals surface area contributed by atoms with Gasteiger partial charge in [0.15, 0.2) is 11.5 Å². The van der Waals surface area contributed by atoms with Crippen LogP contribution in [0.25, 0.3) is 29.0 Å². The van der Waals surface area contributed by atoms with Crippen molar-refractivity contribution in [2.24, 2.45) is 0 Å². The molecule has 0 amide bonds. The van der Waals surface area contributed by atoms with Gasteiger partial charge in [-0.3, -0.25) is 4.57 Å². The van der Waals surface area contributed by atoms with Crippen LogP contribution in [-0.4, -0.2) is 27.7 Å². The fourth-order valence-corrected chi connectivity index (χ4v) is 4.47. The SMILES string of the molecule is COc1cccc(C=Cc2nc3cc(F)c(Cl)cc3n2-c2ccc(C#N)cn2)c1OC1CCCC1. The van der Waals surface area contributed by atoms with Gasteiger partial charge in [-0.05, 0) is 62.1 Å². The lowest BCUT2D eigenvalue weighted by atomic mass is 10.1. The molecule has 2 heterocycles. The first-order valence-electron chi connectivity index (χ1n) is 11.3. The number of halogens is 2. The van der Waals surface area contributed by atoms with Gasteiger partial charge in [-0.1, -0.05) is 23.7 Å². The number of imidazole rings is 1. The number of hydrogen-bond acceptors (Lipinski definition) is 5. The molecule has 0 saturated heterocycles. The molecule has 176 valence electrons. The topological polar surface area (TPSA) is 73.0 Å². The molecule has 0 spiro atoms. The van der Waals surface area contributed by atoms with Gasteiger partial charge in [0.05, 0.1) is 34.8 Å². The first-order chi connectivity index (χ1) is 17.1. The average Bonchev–Trinajstić information content (AvgIpc) is 3.51. The molecule has 4 aromatic rings. The largest absolute Gasteiger partial charge is 0.493 e. The zero-order valence-corrected chi connectivity index (χ0v) is 19.8. The zero-order valence-electron chi connectivity index (χ0n) is 19.0. The van der Waals surface area contributed by atoms with Crippen molar-refractivity contribution in [1.82, 2.24) is 14.5 Å². The van der Waals surface area contributed by atoms with Crippen LogP contribution in [0.5, 0.6) is 11.5 Å². The minimum absolute atomic E-state index is 0.0112. The summed E-state index contributed by atoms with van der Waals surface area (Å²) < 4.78 is 27.9. The molecule has 1 fully saturated rings. The lowest BCUT2D eigenvalue weighted by molar-refractivity contribution is 0.200. The van der Waals surface area contributed by atoms with Crippen molar-refractivity contribution in [3.8, 4) is 23.4 Å². The summed E-state index contributed by atoms with van der Waals surface area (Å²) in [5, 5.41) is 9.12. The smallest absolute Gasteiger partial charge is 0.168 e. The second-order valence-corrected chi connectivity index (χ2v) is 8.72. The number of aromatic nitrogens is 3. The molecule has 8 heteroatoms. The standard InChI is InChI=1S/C27H22ClFN4O2/c1-34-24-8-4-5-18(27(24)35-19-6-2-3-7-19)10-12-26-32-22-14-21(29)20(28)13-23(22)33(26)25-11-9-17(15-30)16-31-25/h4-5,8-14,16,19H,2-3,6-7H2,1H3. The van der Waals surface area contributed by atoms with E-state index < -0.39 is 5.82 Å². The minimum atomic E-state index is -0.549. The normalized spacial score (nSPS) is 14.0. The highest BCUT2D eigenvalue weighted by Gasteiger charge is 2.20. The Morgan fingerprint density at radius 2 is 2.00 bits per heavy atom. The Morgan fingerprint density at radius 1 is 1.17 bits per heavy atom. The molecule has 2 aromatic heterocycles. The van der Waals surface area contributed by atoms with E-state index in [9.17, 15) is 4.39 Å². The first-order valence-corrected chi connectivity index (χ1v) is 11.7. The zero-order chi connectivity index (χ0) is 24.4. The summed E-state index contributed by atoms with van der Waals surface area (Å²) in [7, 11) is 1.62. The third kappa shape index (κ3) is 4.58. The van der Waals surface area contributed by atoms with Crippen molar-refractivity contribution < 1.29 is 13.9 Å². The van der Waals surface area contributed by atoms with Crippen molar-refractivity contribution in [3.63, 3.8) is 0 Å². The number of hydrogen-bond donors (Lipinski definition) is 0. The third-order valence-corrected chi connectivity index (χ3v) is 6.35. The summed E-state index contributed by atoms with van der Waals surface area (Å²) in [4.78, 5) is 9.03. The molecule has 1 saturated carbocycles. The molecule has 2 aromatic carbocycles. The lowest BCUT2D eigenvalue weighted by Crippen LogP contribution is -2.12. The Labute approximate surface area is 207 Å². The Hall–Kier alpha value is -3.89. The van der Waals surface area contributed by atoms with Crippen molar-refractivity contribution in [2.75, 3.05) is 7.11 Å². The number of ether oxygens (including phenoxy) is 2. The van der Waals surface area contributed by atoms with Crippen LogP contribution in [-0.2, 0) is 0 Å². The molecule has 0 bridgehead atoms. The van der Waals surface area contributed by atoms with Crippen LogP contribution >= 0.6 is 11.6 Å². The predicted molar refractivity (Wildman–Crippen MR) is 133 cm³/mol. The van der Waals surface area contributed by atoms with Gasteiger partial charge in [0.25, 0.3) is 0 Å². The van der Waals surface area contributed by atoms with Crippen LogP contribution in [0.4, 0.5) is 4.39 Å². The fourth-order valence-electron chi connectivity index (χ4n) is 4.32. The van der Waals surface area contributed by atoms with Crippen LogP contribution < -0.4 is 9.47 Å². The first kappa shape index (κ1) is 22.9. The third-order valence-electron chi connectivity index (χ3n) is 6.06. The van der Waals surface area contributed by atoms with Crippen molar-refractivity contribution >= 4 is 34.8 Å². The van der Waals surface area contributed by atoms with Crippen LogP contribution in [0.1, 0.15) is 42.6 Å². The number of nitriles is 1. The molecule has 1 aliphatic carbocycles. The summed E-state index contributed by atoms with van der Waals surface area (Å²) in [6, 6.07) is 14.0. The van der Waals surface area contributed by atoms with Gasteiger partial charge in [-0.15, -0.1) is 0 Å². The van der Waals surface area contributed by atoms with Gasteiger partial charge < -0.3 is 9.47 Å². The number of methoxy groups -OCH3 is 1. The summed E-state index contributed by atoms with van der Waals surface area (Å²) in [5.41, 5.74) is 2.31. The predicted octanol–water partition coefficient (Wildman–Crippen LogP) is 6.59. The Kier molecular flexibility index (Phi) is 6.39. The molecule has 35 heavy (non-hydrogen) atoms. The summed E-state index contributed by atoms with van der Waals surface area (Å²) in [6.45, 7) is 0. The summed E-state index contributed by atoms with van der Waals surface area (Å²) in [6.07, 6.45) is 9.72. The maximum absolute atomic E-state index is 14.2. The van der Waals surface area contributed by atoms with Crippen LogP contribution in [0.2, 0.25) is 5.02 Å². The number of fused-ring (bicyclic) bond motifs is 1. The Morgan fingerprint density at radius 3 is 2.71 bits per heavy atom. The molecule has 0 radical (unpaired) electrons. The van der Waals surface area contributed by atoms with Gasteiger partial charge in [0, 0.05) is 17.8 Å². The molecule has 0 unspecified atom stereocenters. The molecule has 1 aliphatic rings. The maximum Gasteiger partial charge on any atom is 0.168 e. The number of pyridine rings is 1. The molecule has 0 aliphatic heterocycles. The number of rotatable bonds is 6. The highest BCUT2D eigenvalue weighted by Crippen LogP contribution is 2.36. The van der Waals surface area contributed by atoms with Gasteiger partial charge >= 0.3 is 0 Å². The van der Waals surface area contributed by atoms with E-state index in [1.165, 1.54) is 18.3 Å². The molecule has 5 rings (SSSR count). The van der Waals surface area contributed by atoms with E-state index in [2.05, 4.69) is 16.0 Å². The molecular weight excluding hydrogens is 467 g/mol. The van der Waals surface area contributed by atoms with E-state index in [-0.39, 0.29) is 11.1 Å².